The number of rotatable bonds is 4. The number of halogens is 1. The lowest BCUT2D eigenvalue weighted by molar-refractivity contribution is 0.0838. The summed E-state index contributed by atoms with van der Waals surface area (Å²) in [5.41, 5.74) is 3.28. The summed E-state index contributed by atoms with van der Waals surface area (Å²) in [6.45, 7) is 1.49. The van der Waals surface area contributed by atoms with Crippen LogP contribution in [-0.4, -0.2) is 27.7 Å². The maximum Gasteiger partial charge on any atom is 0.250 e. The summed E-state index contributed by atoms with van der Waals surface area (Å²) in [6, 6.07) is 14.7. The van der Waals surface area contributed by atoms with E-state index < -0.39 is 0 Å². The Balaban J connectivity index is 1.68. The second-order valence-electron chi connectivity index (χ2n) is 7.75. The van der Waals surface area contributed by atoms with Gasteiger partial charge in [0.25, 0.3) is 0 Å². The number of pyridine rings is 1. The van der Waals surface area contributed by atoms with Gasteiger partial charge in [0.2, 0.25) is 5.56 Å². The molecular formula is C24H22ClN3O3. The van der Waals surface area contributed by atoms with Gasteiger partial charge in [0.15, 0.2) is 5.75 Å². The topological polar surface area (TPSA) is 69.1 Å². The predicted molar refractivity (Wildman–Crippen MR) is 121 cm³/mol. The average molecular weight is 436 g/mol. The number of ether oxygens (including phenoxy) is 2. The van der Waals surface area contributed by atoms with Gasteiger partial charge >= 0.3 is 0 Å². The van der Waals surface area contributed by atoms with Crippen LogP contribution in [0.25, 0.3) is 22.2 Å². The summed E-state index contributed by atoms with van der Waals surface area (Å²) in [6.07, 6.45) is 3.68. The molecule has 0 saturated carbocycles. The second-order valence-corrected chi connectivity index (χ2v) is 8.15. The SMILES string of the molecule is Cn1cc(-c2ccc3[nH]c(C4CCOCC4)nc3c2Oc2ccccc2Cl)ccc1=O. The third-order valence-corrected chi connectivity index (χ3v) is 5.99. The molecule has 1 saturated heterocycles. The van der Waals surface area contributed by atoms with Gasteiger partial charge < -0.3 is 19.0 Å². The van der Waals surface area contributed by atoms with Crippen molar-refractivity contribution in [1.29, 1.82) is 0 Å². The summed E-state index contributed by atoms with van der Waals surface area (Å²) in [7, 11) is 1.73. The minimum atomic E-state index is -0.0695. The number of nitrogens with one attached hydrogen (secondary N) is 1. The lowest BCUT2D eigenvalue weighted by Crippen LogP contribution is -2.15. The van der Waals surface area contributed by atoms with Crippen molar-refractivity contribution < 1.29 is 9.47 Å². The molecule has 0 unspecified atom stereocenters. The van der Waals surface area contributed by atoms with E-state index in [1.165, 1.54) is 0 Å². The number of aromatic nitrogens is 3. The molecule has 1 N–H and O–H groups in total. The van der Waals surface area contributed by atoms with Gasteiger partial charge in [0.1, 0.15) is 17.1 Å². The van der Waals surface area contributed by atoms with E-state index in [1.54, 1.807) is 36.0 Å². The van der Waals surface area contributed by atoms with Crippen LogP contribution in [-0.2, 0) is 11.8 Å². The predicted octanol–water partition coefficient (Wildman–Crippen LogP) is 5.27. The number of imidazole rings is 1. The van der Waals surface area contributed by atoms with Crippen LogP contribution in [0, 0.1) is 0 Å². The number of H-pyrrole nitrogens is 1. The van der Waals surface area contributed by atoms with Gasteiger partial charge in [-0.05, 0) is 43.2 Å². The Bertz CT molecular complexity index is 1310. The minimum absolute atomic E-state index is 0.0695. The number of aryl methyl sites for hydroxylation is 1. The standard InChI is InChI=1S/C24H22ClN3O3/c1-28-14-16(6-9-21(28)29)17-7-8-19-22(23(17)31-20-5-3-2-4-18(20)25)27-24(26-19)15-10-12-30-13-11-15/h2-9,14-15H,10-13H2,1H3,(H,26,27). The van der Waals surface area contributed by atoms with E-state index in [0.717, 1.165) is 54.0 Å². The summed E-state index contributed by atoms with van der Waals surface area (Å²) in [4.78, 5) is 20.3. The van der Waals surface area contributed by atoms with Crippen molar-refractivity contribution >= 4 is 22.6 Å². The van der Waals surface area contributed by atoms with Crippen LogP contribution in [0.4, 0.5) is 0 Å². The molecule has 1 aliphatic heterocycles. The zero-order chi connectivity index (χ0) is 21.4. The van der Waals surface area contributed by atoms with E-state index in [9.17, 15) is 4.79 Å². The number of nitrogens with zero attached hydrogens (tertiary/aromatic N) is 2. The molecule has 158 valence electrons. The fourth-order valence-corrected chi connectivity index (χ4v) is 4.13. The van der Waals surface area contributed by atoms with Crippen molar-refractivity contribution in [3.63, 3.8) is 0 Å². The Labute approximate surface area is 184 Å². The van der Waals surface area contributed by atoms with Crippen LogP contribution in [0.5, 0.6) is 11.5 Å². The Morgan fingerprint density at radius 3 is 2.71 bits per heavy atom. The van der Waals surface area contributed by atoms with Crippen molar-refractivity contribution in [2.75, 3.05) is 13.2 Å². The molecule has 1 fully saturated rings. The van der Waals surface area contributed by atoms with Gasteiger partial charge in [0, 0.05) is 49.6 Å². The quantitative estimate of drug-likeness (QED) is 0.474. The Hall–Kier alpha value is -3.09. The molecule has 0 atom stereocenters. The van der Waals surface area contributed by atoms with Gasteiger partial charge in [-0.15, -0.1) is 0 Å². The van der Waals surface area contributed by atoms with E-state index in [4.69, 9.17) is 26.1 Å². The molecule has 0 aliphatic carbocycles. The van der Waals surface area contributed by atoms with Crippen LogP contribution in [0.15, 0.2) is 59.5 Å². The number of hydrogen-bond donors (Lipinski definition) is 1. The fraction of sp³-hybridized carbons (Fsp3) is 0.250. The monoisotopic (exact) mass is 435 g/mol. The fourth-order valence-electron chi connectivity index (χ4n) is 3.96. The molecule has 5 rings (SSSR count). The first-order valence-electron chi connectivity index (χ1n) is 10.3. The maximum atomic E-state index is 11.9. The van der Waals surface area contributed by atoms with Crippen LogP contribution < -0.4 is 10.3 Å². The Kier molecular flexibility index (Phi) is 5.26. The molecule has 7 heteroatoms. The number of benzene rings is 2. The highest BCUT2D eigenvalue weighted by molar-refractivity contribution is 6.32. The minimum Gasteiger partial charge on any atom is -0.453 e. The number of aromatic amines is 1. The first-order chi connectivity index (χ1) is 15.1. The van der Waals surface area contributed by atoms with E-state index in [1.807, 2.05) is 30.3 Å². The van der Waals surface area contributed by atoms with Crippen molar-refractivity contribution in [3.05, 3.63) is 75.9 Å². The first kappa shape index (κ1) is 19.8. The van der Waals surface area contributed by atoms with Crippen molar-refractivity contribution in [1.82, 2.24) is 14.5 Å². The molecule has 0 spiro atoms. The first-order valence-corrected chi connectivity index (χ1v) is 10.7. The molecule has 2 aromatic carbocycles. The maximum absolute atomic E-state index is 11.9. The zero-order valence-electron chi connectivity index (χ0n) is 17.1. The molecule has 0 amide bonds. The lowest BCUT2D eigenvalue weighted by atomic mass is 10.00. The number of fused-ring (bicyclic) bond motifs is 1. The van der Waals surface area contributed by atoms with Crippen LogP contribution in [0.2, 0.25) is 5.02 Å². The molecule has 0 bridgehead atoms. The average Bonchev–Trinajstić information content (AvgIpc) is 3.23. The van der Waals surface area contributed by atoms with E-state index in [2.05, 4.69) is 4.98 Å². The van der Waals surface area contributed by atoms with Crippen LogP contribution >= 0.6 is 11.6 Å². The Morgan fingerprint density at radius 2 is 1.94 bits per heavy atom. The third kappa shape index (κ3) is 3.84. The molecule has 1 aliphatic rings. The zero-order valence-corrected chi connectivity index (χ0v) is 17.9. The third-order valence-electron chi connectivity index (χ3n) is 5.68. The molecule has 3 heterocycles. The van der Waals surface area contributed by atoms with Crippen LogP contribution in [0.3, 0.4) is 0 Å². The molecular weight excluding hydrogens is 414 g/mol. The van der Waals surface area contributed by atoms with Crippen molar-refractivity contribution in [3.8, 4) is 22.6 Å². The molecule has 31 heavy (non-hydrogen) atoms. The highest BCUT2D eigenvalue weighted by Crippen LogP contribution is 2.41. The number of para-hydroxylation sites is 1. The second kappa shape index (κ2) is 8.21. The van der Waals surface area contributed by atoms with E-state index >= 15 is 0 Å². The Morgan fingerprint density at radius 1 is 1.13 bits per heavy atom. The van der Waals surface area contributed by atoms with E-state index in [-0.39, 0.29) is 5.56 Å². The van der Waals surface area contributed by atoms with Gasteiger partial charge in [-0.3, -0.25) is 4.79 Å². The van der Waals surface area contributed by atoms with Crippen LogP contribution in [0.1, 0.15) is 24.6 Å². The van der Waals surface area contributed by atoms with Gasteiger partial charge in [-0.2, -0.15) is 0 Å². The van der Waals surface area contributed by atoms with Crippen molar-refractivity contribution in [2.24, 2.45) is 7.05 Å². The summed E-state index contributed by atoms with van der Waals surface area (Å²) < 4.78 is 13.4. The number of hydrogen-bond acceptors (Lipinski definition) is 4. The largest absolute Gasteiger partial charge is 0.453 e. The summed E-state index contributed by atoms with van der Waals surface area (Å²) in [5, 5.41) is 0.520. The lowest BCUT2D eigenvalue weighted by Gasteiger charge is -2.19. The van der Waals surface area contributed by atoms with E-state index in [0.29, 0.717) is 22.4 Å². The molecule has 4 aromatic rings. The summed E-state index contributed by atoms with van der Waals surface area (Å²) in [5.74, 6) is 2.44. The molecule has 6 nitrogen and oxygen atoms in total. The van der Waals surface area contributed by atoms with Gasteiger partial charge in [-0.1, -0.05) is 23.7 Å². The van der Waals surface area contributed by atoms with Crippen molar-refractivity contribution in [2.45, 2.75) is 18.8 Å². The normalized spacial score (nSPS) is 14.8. The highest BCUT2D eigenvalue weighted by Gasteiger charge is 2.22. The molecule has 2 aromatic heterocycles. The molecule has 0 radical (unpaired) electrons. The highest BCUT2D eigenvalue weighted by atomic mass is 35.5. The van der Waals surface area contributed by atoms with Gasteiger partial charge in [-0.25, -0.2) is 4.98 Å². The van der Waals surface area contributed by atoms with Gasteiger partial charge in [0.05, 0.1) is 10.5 Å². The smallest absolute Gasteiger partial charge is 0.250 e. The summed E-state index contributed by atoms with van der Waals surface area (Å²) >= 11 is 6.38.